The molecule has 1 heterocycles. The number of hydrogen-bond donors (Lipinski definition) is 2. The summed E-state index contributed by atoms with van der Waals surface area (Å²) >= 11 is 0. The lowest BCUT2D eigenvalue weighted by molar-refractivity contribution is 0.0132. The van der Waals surface area contributed by atoms with Crippen LogP contribution in [0, 0.1) is 5.92 Å². The fourth-order valence-electron chi connectivity index (χ4n) is 2.45. The van der Waals surface area contributed by atoms with Crippen molar-refractivity contribution in [1.29, 1.82) is 0 Å². The molecule has 0 spiro atoms. The molecule has 1 atom stereocenters. The number of nitrogens with zero attached hydrogens (tertiary/aromatic N) is 2. The molecule has 0 aromatic rings. The highest BCUT2D eigenvalue weighted by molar-refractivity contribution is 14.0. The van der Waals surface area contributed by atoms with Gasteiger partial charge in [0.25, 0.3) is 0 Å². The maximum absolute atomic E-state index is 5.45. The van der Waals surface area contributed by atoms with E-state index in [9.17, 15) is 0 Å². The molecule has 21 heavy (non-hydrogen) atoms. The molecule has 2 N–H and O–H groups in total. The van der Waals surface area contributed by atoms with Gasteiger partial charge >= 0.3 is 0 Å². The number of rotatable bonds is 7. The van der Waals surface area contributed by atoms with Crippen LogP contribution in [-0.4, -0.2) is 63.3 Å². The van der Waals surface area contributed by atoms with Gasteiger partial charge in [-0.2, -0.15) is 0 Å². The van der Waals surface area contributed by atoms with Crippen molar-refractivity contribution in [2.75, 3.05) is 46.4 Å². The molecule has 0 bridgehead atoms. The van der Waals surface area contributed by atoms with Crippen LogP contribution in [0.4, 0.5) is 0 Å². The van der Waals surface area contributed by atoms with Gasteiger partial charge in [0.15, 0.2) is 5.96 Å². The molecule has 0 aliphatic carbocycles. The average Bonchev–Trinajstić information content (AvgIpc) is 2.46. The first-order valence-corrected chi connectivity index (χ1v) is 7.54. The molecule has 0 saturated carbocycles. The van der Waals surface area contributed by atoms with Crippen LogP contribution in [0.25, 0.3) is 0 Å². The number of hydrogen-bond acceptors (Lipinski definition) is 3. The third-order valence-corrected chi connectivity index (χ3v) is 3.45. The van der Waals surface area contributed by atoms with Gasteiger partial charge in [-0.1, -0.05) is 19.9 Å². The van der Waals surface area contributed by atoms with Gasteiger partial charge in [0.1, 0.15) is 0 Å². The minimum atomic E-state index is 0. The molecular formula is C15H31IN4O. The Balaban J connectivity index is 0.00000400. The van der Waals surface area contributed by atoms with Crippen LogP contribution in [-0.2, 0) is 4.74 Å². The predicted molar refractivity (Wildman–Crippen MR) is 101 cm³/mol. The monoisotopic (exact) mass is 410 g/mol. The molecule has 1 rings (SSSR count). The molecule has 5 nitrogen and oxygen atoms in total. The van der Waals surface area contributed by atoms with Crippen molar-refractivity contribution < 1.29 is 4.74 Å². The Morgan fingerprint density at radius 1 is 1.33 bits per heavy atom. The van der Waals surface area contributed by atoms with Gasteiger partial charge in [0.2, 0.25) is 0 Å². The average molecular weight is 410 g/mol. The predicted octanol–water partition coefficient (Wildman–Crippen LogP) is 1.70. The minimum absolute atomic E-state index is 0. The van der Waals surface area contributed by atoms with E-state index < -0.39 is 0 Å². The third-order valence-electron chi connectivity index (χ3n) is 3.45. The molecule has 1 saturated heterocycles. The van der Waals surface area contributed by atoms with Gasteiger partial charge in [-0.15, -0.1) is 30.6 Å². The highest BCUT2D eigenvalue weighted by atomic mass is 127. The summed E-state index contributed by atoms with van der Waals surface area (Å²) in [6.07, 6.45) is 3.02. The number of ether oxygens (including phenoxy) is 1. The van der Waals surface area contributed by atoms with Crippen LogP contribution in [0.5, 0.6) is 0 Å². The summed E-state index contributed by atoms with van der Waals surface area (Å²) in [5, 5.41) is 6.62. The SMILES string of the molecule is C=CCNC(=NC)NCC(CC(C)C)N1CCOCC1.I. The van der Waals surface area contributed by atoms with E-state index >= 15 is 0 Å². The van der Waals surface area contributed by atoms with Crippen molar-refractivity contribution in [2.45, 2.75) is 26.3 Å². The van der Waals surface area contributed by atoms with Crippen LogP contribution in [0.2, 0.25) is 0 Å². The largest absolute Gasteiger partial charge is 0.379 e. The Hall–Kier alpha value is -0.340. The van der Waals surface area contributed by atoms with Crippen molar-refractivity contribution in [2.24, 2.45) is 10.9 Å². The van der Waals surface area contributed by atoms with Crippen molar-refractivity contribution in [1.82, 2.24) is 15.5 Å². The van der Waals surface area contributed by atoms with Gasteiger partial charge in [-0.25, -0.2) is 0 Å². The zero-order valence-electron chi connectivity index (χ0n) is 13.6. The number of morpholine rings is 1. The van der Waals surface area contributed by atoms with Gasteiger partial charge in [-0.3, -0.25) is 9.89 Å². The van der Waals surface area contributed by atoms with Gasteiger partial charge in [0, 0.05) is 39.3 Å². The second kappa shape index (κ2) is 12.2. The lowest BCUT2D eigenvalue weighted by atomic mass is 10.0. The second-order valence-corrected chi connectivity index (χ2v) is 5.55. The molecule has 0 amide bonds. The molecule has 1 aliphatic heterocycles. The normalized spacial score (nSPS) is 18.0. The van der Waals surface area contributed by atoms with Crippen LogP contribution in [0.3, 0.4) is 0 Å². The minimum Gasteiger partial charge on any atom is -0.379 e. The Morgan fingerprint density at radius 3 is 2.52 bits per heavy atom. The lowest BCUT2D eigenvalue weighted by Crippen LogP contribution is -2.51. The van der Waals surface area contributed by atoms with Crippen molar-refractivity contribution >= 4 is 29.9 Å². The summed E-state index contributed by atoms with van der Waals surface area (Å²) in [4.78, 5) is 6.75. The number of nitrogens with one attached hydrogen (secondary N) is 2. The molecule has 124 valence electrons. The molecule has 0 aromatic heterocycles. The Morgan fingerprint density at radius 2 is 2.00 bits per heavy atom. The quantitative estimate of drug-likeness (QED) is 0.290. The zero-order chi connectivity index (χ0) is 14.8. The topological polar surface area (TPSA) is 48.9 Å². The van der Waals surface area contributed by atoms with Gasteiger partial charge in [0.05, 0.1) is 13.2 Å². The van der Waals surface area contributed by atoms with E-state index in [2.05, 4.69) is 41.0 Å². The molecule has 0 radical (unpaired) electrons. The maximum Gasteiger partial charge on any atom is 0.191 e. The van der Waals surface area contributed by atoms with Gasteiger partial charge < -0.3 is 15.4 Å². The number of guanidine groups is 1. The van der Waals surface area contributed by atoms with E-state index in [-0.39, 0.29) is 24.0 Å². The first-order chi connectivity index (χ1) is 9.67. The highest BCUT2D eigenvalue weighted by Gasteiger charge is 2.21. The summed E-state index contributed by atoms with van der Waals surface area (Å²) in [7, 11) is 1.80. The highest BCUT2D eigenvalue weighted by Crippen LogP contribution is 2.12. The zero-order valence-corrected chi connectivity index (χ0v) is 15.9. The third kappa shape index (κ3) is 8.63. The van der Waals surface area contributed by atoms with E-state index in [1.165, 1.54) is 6.42 Å². The standard InChI is InChI=1S/C15H30N4O.HI/c1-5-6-17-15(16-4)18-12-14(11-13(2)3)19-7-9-20-10-8-19;/h5,13-14H,1,6-12H2,2-4H3,(H2,16,17,18);1H. The molecular weight excluding hydrogens is 379 g/mol. The fraction of sp³-hybridized carbons (Fsp3) is 0.800. The van der Waals surface area contributed by atoms with Crippen LogP contribution >= 0.6 is 24.0 Å². The maximum atomic E-state index is 5.45. The van der Waals surface area contributed by atoms with Crippen molar-refractivity contribution in [3.8, 4) is 0 Å². The summed E-state index contributed by atoms with van der Waals surface area (Å²) < 4.78 is 5.45. The van der Waals surface area contributed by atoms with Crippen LogP contribution < -0.4 is 10.6 Å². The molecule has 1 fully saturated rings. The van der Waals surface area contributed by atoms with Gasteiger partial charge in [-0.05, 0) is 12.3 Å². The number of halogens is 1. The van der Waals surface area contributed by atoms with E-state index in [1.54, 1.807) is 7.05 Å². The summed E-state index contributed by atoms with van der Waals surface area (Å²) in [6.45, 7) is 13.6. The van der Waals surface area contributed by atoms with Crippen LogP contribution in [0.1, 0.15) is 20.3 Å². The molecule has 1 aliphatic rings. The van der Waals surface area contributed by atoms with E-state index in [4.69, 9.17) is 4.74 Å². The Kier molecular flexibility index (Phi) is 12.0. The fourth-order valence-corrected chi connectivity index (χ4v) is 2.45. The number of aliphatic imine (C=N–C) groups is 1. The van der Waals surface area contributed by atoms with E-state index in [0.717, 1.165) is 45.4 Å². The lowest BCUT2D eigenvalue weighted by Gasteiger charge is -2.35. The summed E-state index contributed by atoms with van der Waals surface area (Å²) in [6, 6.07) is 0.529. The Labute approximate surface area is 146 Å². The summed E-state index contributed by atoms with van der Waals surface area (Å²) in [5.74, 6) is 1.53. The summed E-state index contributed by atoms with van der Waals surface area (Å²) in [5.41, 5.74) is 0. The molecule has 1 unspecified atom stereocenters. The van der Waals surface area contributed by atoms with Crippen molar-refractivity contribution in [3.63, 3.8) is 0 Å². The molecule has 0 aromatic carbocycles. The van der Waals surface area contributed by atoms with E-state index in [1.807, 2.05) is 6.08 Å². The Bertz CT molecular complexity index is 304. The second-order valence-electron chi connectivity index (χ2n) is 5.55. The molecule has 6 heteroatoms. The first kappa shape index (κ1) is 20.7. The van der Waals surface area contributed by atoms with E-state index in [0.29, 0.717) is 12.0 Å². The van der Waals surface area contributed by atoms with Crippen molar-refractivity contribution in [3.05, 3.63) is 12.7 Å². The first-order valence-electron chi connectivity index (χ1n) is 7.54. The smallest absolute Gasteiger partial charge is 0.191 e. The van der Waals surface area contributed by atoms with Crippen LogP contribution in [0.15, 0.2) is 17.6 Å².